The fourth-order valence-electron chi connectivity index (χ4n) is 4.91. The number of unbranched alkanes of at least 4 members (excludes halogenated alkanes) is 2. The van der Waals surface area contributed by atoms with E-state index in [9.17, 15) is 9.59 Å². The van der Waals surface area contributed by atoms with Crippen LogP contribution in [-0.4, -0.2) is 33.9 Å². The van der Waals surface area contributed by atoms with Gasteiger partial charge in [-0.25, -0.2) is 0 Å². The van der Waals surface area contributed by atoms with Crippen molar-refractivity contribution in [3.05, 3.63) is 84.2 Å². The van der Waals surface area contributed by atoms with Crippen molar-refractivity contribution in [3.63, 3.8) is 0 Å². The summed E-state index contributed by atoms with van der Waals surface area (Å²) < 4.78 is 2.17. The van der Waals surface area contributed by atoms with Crippen LogP contribution in [0, 0.1) is 0 Å². The highest BCUT2D eigenvalue weighted by atomic mass is 16.2. The standard InChI is InChI=1S/C28H31N3O2/c1-2-3-5-16-26(32)30(22-17-18-22)20-27(33)31-24-14-9-8-13-23(24)29-19-10-15-25(29)28(31)21-11-6-4-7-12-21/h4,6-15,19,22,28H,2-3,5,16-18,20H2,1H3. The van der Waals surface area contributed by atoms with Gasteiger partial charge in [0.25, 0.3) is 0 Å². The number of benzene rings is 2. The van der Waals surface area contributed by atoms with Gasteiger partial charge in [0, 0.05) is 18.7 Å². The second-order valence-electron chi connectivity index (χ2n) is 9.08. The topological polar surface area (TPSA) is 45.6 Å². The number of carbonyl (C=O) groups excluding carboxylic acids is 2. The number of para-hydroxylation sites is 2. The number of hydrogen-bond acceptors (Lipinski definition) is 2. The lowest BCUT2D eigenvalue weighted by atomic mass is 9.97. The first-order chi connectivity index (χ1) is 16.2. The molecule has 2 amide bonds. The maximum Gasteiger partial charge on any atom is 0.247 e. The number of fused-ring (bicyclic) bond motifs is 3. The fraction of sp³-hybridized carbons (Fsp3) is 0.357. The Labute approximate surface area is 195 Å². The molecule has 3 aromatic rings. The first-order valence-corrected chi connectivity index (χ1v) is 12.1. The lowest BCUT2D eigenvalue weighted by Gasteiger charge is -2.39. The van der Waals surface area contributed by atoms with E-state index in [1.165, 1.54) is 0 Å². The zero-order valence-electron chi connectivity index (χ0n) is 19.2. The van der Waals surface area contributed by atoms with Crippen LogP contribution in [-0.2, 0) is 9.59 Å². The summed E-state index contributed by atoms with van der Waals surface area (Å²) in [6.45, 7) is 2.27. The smallest absolute Gasteiger partial charge is 0.247 e. The number of hydrogen-bond donors (Lipinski definition) is 0. The van der Waals surface area contributed by atoms with Crippen LogP contribution >= 0.6 is 0 Å². The van der Waals surface area contributed by atoms with Crippen molar-refractivity contribution < 1.29 is 9.59 Å². The monoisotopic (exact) mass is 441 g/mol. The highest BCUT2D eigenvalue weighted by Crippen LogP contribution is 2.42. The molecule has 0 saturated heterocycles. The Kier molecular flexibility index (Phi) is 6.03. The summed E-state index contributed by atoms with van der Waals surface area (Å²) in [5.41, 5.74) is 3.99. The molecule has 5 heteroatoms. The molecule has 1 atom stereocenters. The van der Waals surface area contributed by atoms with E-state index in [1.54, 1.807) is 0 Å². The Balaban J connectivity index is 1.50. The normalized spacial score (nSPS) is 16.8. The van der Waals surface area contributed by atoms with E-state index in [0.29, 0.717) is 6.42 Å². The maximum absolute atomic E-state index is 14.0. The van der Waals surface area contributed by atoms with Gasteiger partial charge in [0.05, 0.1) is 17.1 Å². The summed E-state index contributed by atoms with van der Waals surface area (Å²) in [4.78, 5) is 30.8. The summed E-state index contributed by atoms with van der Waals surface area (Å²) in [6, 6.07) is 22.3. The number of nitrogens with zero attached hydrogens (tertiary/aromatic N) is 3. The molecule has 1 aromatic heterocycles. The maximum atomic E-state index is 14.0. The van der Waals surface area contributed by atoms with Gasteiger partial charge < -0.3 is 9.47 Å². The van der Waals surface area contributed by atoms with Gasteiger partial charge in [0.2, 0.25) is 11.8 Å². The minimum Gasteiger partial charge on any atom is -0.330 e. The van der Waals surface area contributed by atoms with Crippen molar-refractivity contribution in [3.8, 4) is 5.69 Å². The number of carbonyl (C=O) groups is 2. The zero-order valence-corrected chi connectivity index (χ0v) is 19.2. The Morgan fingerprint density at radius 1 is 0.909 bits per heavy atom. The van der Waals surface area contributed by atoms with E-state index in [1.807, 2.05) is 52.3 Å². The molecule has 1 fully saturated rings. The Morgan fingerprint density at radius 3 is 2.36 bits per heavy atom. The van der Waals surface area contributed by atoms with E-state index >= 15 is 0 Å². The van der Waals surface area contributed by atoms with Crippen LogP contribution in [0.2, 0.25) is 0 Å². The van der Waals surface area contributed by atoms with Gasteiger partial charge in [-0.3, -0.25) is 14.5 Å². The van der Waals surface area contributed by atoms with Gasteiger partial charge in [0.15, 0.2) is 0 Å². The molecule has 2 heterocycles. The average molecular weight is 442 g/mol. The largest absolute Gasteiger partial charge is 0.330 e. The van der Waals surface area contributed by atoms with E-state index in [0.717, 1.165) is 54.7 Å². The quantitative estimate of drug-likeness (QED) is 0.434. The fourth-order valence-corrected chi connectivity index (χ4v) is 4.91. The van der Waals surface area contributed by atoms with Gasteiger partial charge >= 0.3 is 0 Å². The van der Waals surface area contributed by atoms with Crippen LogP contribution in [0.25, 0.3) is 5.69 Å². The molecule has 170 valence electrons. The lowest BCUT2D eigenvalue weighted by molar-refractivity contribution is -0.136. The number of anilines is 1. The van der Waals surface area contributed by atoms with E-state index in [-0.39, 0.29) is 30.4 Å². The van der Waals surface area contributed by atoms with E-state index in [4.69, 9.17) is 0 Å². The molecule has 0 N–H and O–H groups in total. The second-order valence-corrected chi connectivity index (χ2v) is 9.08. The van der Waals surface area contributed by atoms with Gasteiger partial charge in [-0.05, 0) is 49.1 Å². The van der Waals surface area contributed by atoms with Gasteiger partial charge in [-0.15, -0.1) is 0 Å². The third kappa shape index (κ3) is 4.20. The summed E-state index contributed by atoms with van der Waals surface area (Å²) in [7, 11) is 0. The molecule has 0 radical (unpaired) electrons. The molecule has 2 aliphatic rings. The van der Waals surface area contributed by atoms with Gasteiger partial charge in [-0.2, -0.15) is 0 Å². The summed E-state index contributed by atoms with van der Waals surface area (Å²) >= 11 is 0. The molecule has 0 spiro atoms. The lowest BCUT2D eigenvalue weighted by Crippen LogP contribution is -2.47. The molecule has 1 aliphatic carbocycles. The van der Waals surface area contributed by atoms with Crippen molar-refractivity contribution in [2.24, 2.45) is 0 Å². The van der Waals surface area contributed by atoms with E-state index < -0.39 is 0 Å². The van der Waals surface area contributed by atoms with Crippen LogP contribution in [0.1, 0.15) is 62.7 Å². The van der Waals surface area contributed by atoms with Crippen LogP contribution in [0.15, 0.2) is 72.9 Å². The van der Waals surface area contributed by atoms with Crippen molar-refractivity contribution in [2.75, 3.05) is 11.4 Å². The Bertz CT molecular complexity index is 1130. The molecule has 1 aliphatic heterocycles. The Hall–Kier alpha value is -3.34. The predicted octanol–water partition coefficient (Wildman–Crippen LogP) is 5.48. The summed E-state index contributed by atoms with van der Waals surface area (Å²) in [5.74, 6) is 0.0868. The summed E-state index contributed by atoms with van der Waals surface area (Å²) in [6.07, 6.45) is 7.59. The number of amides is 2. The minimum atomic E-state index is -0.236. The van der Waals surface area contributed by atoms with Crippen LogP contribution in [0.3, 0.4) is 0 Å². The zero-order chi connectivity index (χ0) is 22.8. The minimum absolute atomic E-state index is 0.0282. The van der Waals surface area contributed by atoms with Crippen molar-refractivity contribution in [2.45, 2.75) is 57.5 Å². The van der Waals surface area contributed by atoms with Crippen molar-refractivity contribution in [1.82, 2.24) is 9.47 Å². The molecule has 5 nitrogen and oxygen atoms in total. The molecule has 1 saturated carbocycles. The third-order valence-corrected chi connectivity index (χ3v) is 6.71. The predicted molar refractivity (Wildman–Crippen MR) is 130 cm³/mol. The van der Waals surface area contributed by atoms with E-state index in [2.05, 4.69) is 42.0 Å². The molecule has 0 bridgehead atoms. The third-order valence-electron chi connectivity index (χ3n) is 6.71. The highest BCUT2D eigenvalue weighted by Gasteiger charge is 2.39. The summed E-state index contributed by atoms with van der Waals surface area (Å²) in [5, 5.41) is 0. The first-order valence-electron chi connectivity index (χ1n) is 12.1. The Morgan fingerprint density at radius 2 is 1.64 bits per heavy atom. The highest BCUT2D eigenvalue weighted by molar-refractivity contribution is 6.00. The molecular weight excluding hydrogens is 410 g/mol. The first kappa shape index (κ1) is 21.5. The van der Waals surface area contributed by atoms with Crippen LogP contribution in [0.5, 0.6) is 0 Å². The number of rotatable bonds is 8. The molecule has 1 unspecified atom stereocenters. The van der Waals surface area contributed by atoms with Crippen LogP contribution < -0.4 is 4.90 Å². The van der Waals surface area contributed by atoms with Crippen molar-refractivity contribution in [1.29, 1.82) is 0 Å². The van der Waals surface area contributed by atoms with Gasteiger partial charge in [-0.1, -0.05) is 62.2 Å². The SMILES string of the molecule is CCCCCC(=O)N(CC(=O)N1c2ccccc2-n2cccc2C1c1ccccc1)C1CC1. The van der Waals surface area contributed by atoms with Crippen molar-refractivity contribution >= 4 is 17.5 Å². The average Bonchev–Trinajstić information content (AvgIpc) is 3.57. The molecular formula is C28H31N3O2. The number of aromatic nitrogens is 1. The molecule has 33 heavy (non-hydrogen) atoms. The van der Waals surface area contributed by atoms with Crippen LogP contribution in [0.4, 0.5) is 5.69 Å². The molecule has 2 aromatic carbocycles. The second kappa shape index (κ2) is 9.26. The molecule has 5 rings (SSSR count). The van der Waals surface area contributed by atoms with Gasteiger partial charge in [0.1, 0.15) is 12.6 Å².